The van der Waals surface area contributed by atoms with Crippen molar-refractivity contribution in [2.45, 2.75) is 31.8 Å². The minimum atomic E-state index is -1.17. The molecule has 0 aliphatic rings. The van der Waals surface area contributed by atoms with E-state index in [4.69, 9.17) is 0 Å². The summed E-state index contributed by atoms with van der Waals surface area (Å²) in [7, 11) is 0. The molecule has 2 rings (SSSR count). The van der Waals surface area contributed by atoms with Gasteiger partial charge in [0.25, 0.3) is 0 Å². The van der Waals surface area contributed by atoms with Gasteiger partial charge in [-0.25, -0.2) is 9.18 Å². The van der Waals surface area contributed by atoms with E-state index >= 15 is 0 Å². The van der Waals surface area contributed by atoms with E-state index in [9.17, 15) is 23.9 Å². The smallest absolute Gasteiger partial charge is 0.326 e. The third-order valence-corrected chi connectivity index (χ3v) is 3.94. The minimum absolute atomic E-state index is 0.114. The Morgan fingerprint density at radius 1 is 0.889 bits per heavy atom. The second-order valence-corrected chi connectivity index (χ2v) is 6.17. The zero-order chi connectivity index (χ0) is 19.8. The Morgan fingerprint density at radius 2 is 1.44 bits per heavy atom. The molecule has 0 radical (unpaired) electrons. The van der Waals surface area contributed by atoms with Gasteiger partial charge in [-0.15, -0.1) is 0 Å². The van der Waals surface area contributed by atoms with Crippen LogP contribution < -0.4 is 10.6 Å². The van der Waals surface area contributed by atoms with Crippen LogP contribution >= 0.6 is 0 Å². The molecule has 0 saturated heterocycles. The third-order valence-electron chi connectivity index (χ3n) is 3.94. The van der Waals surface area contributed by atoms with Crippen molar-refractivity contribution in [3.63, 3.8) is 0 Å². The van der Waals surface area contributed by atoms with E-state index in [0.717, 1.165) is 5.56 Å². The molecule has 2 atom stereocenters. The molecule has 0 heterocycles. The van der Waals surface area contributed by atoms with Gasteiger partial charge >= 0.3 is 5.97 Å². The number of carboxylic acid groups (broad SMARTS) is 1. The maximum atomic E-state index is 13.0. The molecule has 0 unspecified atom stereocenters. The van der Waals surface area contributed by atoms with E-state index in [1.807, 2.05) is 6.07 Å². The fourth-order valence-electron chi connectivity index (χ4n) is 2.63. The summed E-state index contributed by atoms with van der Waals surface area (Å²) in [6, 6.07) is 12.4. The zero-order valence-electron chi connectivity index (χ0n) is 14.8. The SMILES string of the molecule is CC(=O)N[C@@H](Cc1ccc(F)cc1)C(=O)N[C@H](Cc1ccccc1)C(=O)O. The van der Waals surface area contributed by atoms with Gasteiger partial charge in [0.15, 0.2) is 0 Å². The molecule has 2 aromatic rings. The summed E-state index contributed by atoms with van der Waals surface area (Å²) in [5.41, 5.74) is 1.40. The fourth-order valence-corrected chi connectivity index (χ4v) is 2.63. The Bertz CT molecular complexity index is 793. The Hall–Kier alpha value is -3.22. The van der Waals surface area contributed by atoms with Crippen LogP contribution in [-0.2, 0) is 27.2 Å². The first-order chi connectivity index (χ1) is 12.8. The molecule has 0 aliphatic carbocycles. The average molecular weight is 372 g/mol. The second kappa shape index (κ2) is 9.47. The van der Waals surface area contributed by atoms with Crippen molar-refractivity contribution >= 4 is 17.8 Å². The lowest BCUT2D eigenvalue weighted by molar-refractivity contribution is -0.142. The fraction of sp³-hybridized carbons (Fsp3) is 0.250. The largest absolute Gasteiger partial charge is 0.480 e. The van der Waals surface area contributed by atoms with E-state index < -0.39 is 35.7 Å². The Balaban J connectivity index is 2.10. The molecule has 142 valence electrons. The monoisotopic (exact) mass is 372 g/mol. The summed E-state index contributed by atoms with van der Waals surface area (Å²) in [6.07, 6.45) is 0.231. The standard InChI is InChI=1S/C20H21FN2O4/c1-13(24)22-17(11-15-7-9-16(21)10-8-15)19(25)23-18(20(26)27)12-14-5-3-2-4-6-14/h2-10,17-18H,11-12H2,1H3,(H,22,24)(H,23,25)(H,26,27)/t17-,18+/m0/s1. The molecule has 0 spiro atoms. The average Bonchev–Trinajstić information content (AvgIpc) is 2.62. The Morgan fingerprint density at radius 3 is 2.00 bits per heavy atom. The first-order valence-corrected chi connectivity index (χ1v) is 8.44. The highest BCUT2D eigenvalue weighted by Crippen LogP contribution is 2.08. The topological polar surface area (TPSA) is 95.5 Å². The van der Waals surface area contributed by atoms with Crippen molar-refractivity contribution in [3.05, 3.63) is 71.5 Å². The molecule has 7 heteroatoms. The van der Waals surface area contributed by atoms with Crippen LogP contribution in [0.2, 0.25) is 0 Å². The molecule has 0 fully saturated rings. The molecular weight excluding hydrogens is 351 g/mol. The number of hydrogen-bond acceptors (Lipinski definition) is 3. The van der Waals surface area contributed by atoms with Gasteiger partial charge in [-0.1, -0.05) is 42.5 Å². The third kappa shape index (κ3) is 6.54. The van der Waals surface area contributed by atoms with Gasteiger partial charge in [0.1, 0.15) is 17.9 Å². The number of rotatable bonds is 8. The van der Waals surface area contributed by atoms with Crippen LogP contribution in [0.5, 0.6) is 0 Å². The number of carboxylic acids is 1. The number of amides is 2. The second-order valence-electron chi connectivity index (χ2n) is 6.17. The molecule has 0 aromatic heterocycles. The number of aliphatic carboxylic acids is 1. The van der Waals surface area contributed by atoms with E-state index in [1.54, 1.807) is 24.3 Å². The van der Waals surface area contributed by atoms with Crippen LogP contribution in [-0.4, -0.2) is 35.0 Å². The highest BCUT2D eigenvalue weighted by Gasteiger charge is 2.26. The number of halogens is 1. The lowest BCUT2D eigenvalue weighted by Crippen LogP contribution is -2.52. The first kappa shape index (κ1) is 20.1. The number of carbonyl (C=O) groups is 3. The van der Waals surface area contributed by atoms with Crippen molar-refractivity contribution in [3.8, 4) is 0 Å². The van der Waals surface area contributed by atoms with E-state index in [0.29, 0.717) is 5.56 Å². The van der Waals surface area contributed by atoms with Crippen LogP contribution in [0.3, 0.4) is 0 Å². The summed E-state index contributed by atoms with van der Waals surface area (Å²) in [4.78, 5) is 35.6. The highest BCUT2D eigenvalue weighted by atomic mass is 19.1. The van der Waals surface area contributed by atoms with Gasteiger partial charge in [0.05, 0.1) is 0 Å². The van der Waals surface area contributed by atoms with Crippen LogP contribution in [0.25, 0.3) is 0 Å². The Kier molecular flexibility index (Phi) is 7.05. The van der Waals surface area contributed by atoms with E-state index in [1.165, 1.54) is 31.2 Å². The lowest BCUT2D eigenvalue weighted by Gasteiger charge is -2.21. The molecule has 6 nitrogen and oxygen atoms in total. The van der Waals surface area contributed by atoms with Crippen LogP contribution in [0.1, 0.15) is 18.1 Å². The van der Waals surface area contributed by atoms with Crippen LogP contribution in [0.15, 0.2) is 54.6 Å². The van der Waals surface area contributed by atoms with Gasteiger partial charge in [-0.05, 0) is 23.3 Å². The van der Waals surface area contributed by atoms with Gasteiger partial charge in [0, 0.05) is 19.8 Å². The summed E-state index contributed by atoms with van der Waals surface area (Å²) >= 11 is 0. The van der Waals surface area contributed by atoms with E-state index in [-0.39, 0.29) is 12.8 Å². The van der Waals surface area contributed by atoms with Crippen LogP contribution in [0.4, 0.5) is 4.39 Å². The van der Waals surface area contributed by atoms with Crippen molar-refractivity contribution in [2.75, 3.05) is 0 Å². The summed E-state index contributed by atoms with van der Waals surface area (Å²) in [5, 5.41) is 14.4. The maximum absolute atomic E-state index is 13.0. The van der Waals surface area contributed by atoms with Gasteiger partial charge in [0.2, 0.25) is 11.8 Å². The molecule has 2 aromatic carbocycles. The molecule has 3 N–H and O–H groups in total. The molecule has 0 saturated carbocycles. The summed E-state index contributed by atoms with van der Waals surface area (Å²) in [5.74, 6) is -2.62. The van der Waals surface area contributed by atoms with E-state index in [2.05, 4.69) is 10.6 Å². The molecule has 27 heavy (non-hydrogen) atoms. The number of carbonyl (C=O) groups excluding carboxylic acids is 2. The van der Waals surface area contributed by atoms with Crippen molar-refractivity contribution in [1.82, 2.24) is 10.6 Å². The quantitative estimate of drug-likeness (QED) is 0.657. The molecular formula is C20H21FN2O4. The predicted octanol–water partition coefficient (Wildman–Crippen LogP) is 1.68. The number of benzene rings is 2. The van der Waals surface area contributed by atoms with Gasteiger partial charge in [-0.3, -0.25) is 9.59 Å². The Labute approximate surface area is 156 Å². The number of nitrogens with one attached hydrogen (secondary N) is 2. The molecule has 0 aliphatic heterocycles. The highest BCUT2D eigenvalue weighted by molar-refractivity contribution is 5.90. The minimum Gasteiger partial charge on any atom is -0.480 e. The predicted molar refractivity (Wildman–Crippen MR) is 97.4 cm³/mol. The van der Waals surface area contributed by atoms with Gasteiger partial charge < -0.3 is 15.7 Å². The lowest BCUT2D eigenvalue weighted by atomic mass is 10.0. The first-order valence-electron chi connectivity index (χ1n) is 8.44. The number of hydrogen-bond donors (Lipinski definition) is 3. The normalized spacial score (nSPS) is 12.7. The molecule has 0 bridgehead atoms. The van der Waals surface area contributed by atoms with Crippen molar-refractivity contribution < 1.29 is 23.9 Å². The maximum Gasteiger partial charge on any atom is 0.326 e. The summed E-state index contributed by atoms with van der Waals surface area (Å²) < 4.78 is 13.0. The van der Waals surface area contributed by atoms with Crippen molar-refractivity contribution in [2.24, 2.45) is 0 Å². The summed E-state index contributed by atoms with van der Waals surface area (Å²) in [6.45, 7) is 1.27. The van der Waals surface area contributed by atoms with Crippen molar-refractivity contribution in [1.29, 1.82) is 0 Å². The molecule has 2 amide bonds. The zero-order valence-corrected chi connectivity index (χ0v) is 14.8. The van der Waals surface area contributed by atoms with Crippen LogP contribution in [0, 0.1) is 5.82 Å². The van der Waals surface area contributed by atoms with Gasteiger partial charge in [-0.2, -0.15) is 0 Å².